The quantitative estimate of drug-likeness (QED) is 0.671. The zero-order valence-corrected chi connectivity index (χ0v) is 15.3. The van der Waals surface area contributed by atoms with E-state index in [1.807, 2.05) is 16.7 Å². The fraction of sp³-hybridized carbons (Fsp3) is 0.273. The van der Waals surface area contributed by atoms with Crippen molar-refractivity contribution < 1.29 is 9.47 Å². The van der Waals surface area contributed by atoms with E-state index >= 15 is 0 Å². The Morgan fingerprint density at radius 3 is 2.81 bits per heavy atom. The van der Waals surface area contributed by atoms with Gasteiger partial charge in [-0.05, 0) is 35.2 Å². The molecule has 0 fully saturated rings. The molecule has 0 aliphatic carbocycles. The third-order valence-electron chi connectivity index (χ3n) is 4.61. The molecule has 1 aliphatic heterocycles. The number of aryl methyl sites for hydroxylation is 1. The van der Waals surface area contributed by atoms with Gasteiger partial charge < -0.3 is 9.47 Å². The molecule has 0 unspecified atom stereocenters. The van der Waals surface area contributed by atoms with Crippen LogP contribution in [0.5, 0.6) is 11.8 Å². The molecule has 3 aromatic rings. The molecule has 1 atom stereocenters. The Kier molecular flexibility index (Phi) is 4.92. The monoisotopic (exact) mass is 362 g/mol. The van der Waals surface area contributed by atoms with Gasteiger partial charge in [-0.15, -0.1) is 0 Å². The van der Waals surface area contributed by atoms with E-state index in [0.717, 1.165) is 18.6 Å². The number of aromatic nitrogens is 2. The first-order valence-corrected chi connectivity index (χ1v) is 9.27. The molecule has 5 nitrogen and oxygen atoms in total. The van der Waals surface area contributed by atoms with Gasteiger partial charge >= 0.3 is 0 Å². The van der Waals surface area contributed by atoms with Crippen molar-refractivity contribution in [2.75, 3.05) is 6.61 Å². The zero-order chi connectivity index (χ0) is 18.6. The Bertz CT molecular complexity index is 979. The maximum Gasteiger partial charge on any atom is 0.300 e. The molecule has 138 valence electrons. The van der Waals surface area contributed by atoms with Gasteiger partial charge in [-0.2, -0.15) is 4.98 Å². The Morgan fingerprint density at radius 1 is 1.15 bits per heavy atom. The van der Waals surface area contributed by atoms with Gasteiger partial charge in [0.15, 0.2) is 6.10 Å². The highest BCUT2D eigenvalue weighted by Crippen LogP contribution is 2.24. The van der Waals surface area contributed by atoms with Crippen molar-refractivity contribution in [2.24, 2.45) is 0 Å². The number of rotatable bonds is 6. The summed E-state index contributed by atoms with van der Waals surface area (Å²) in [6, 6.07) is 18.6. The number of hydrogen-bond donors (Lipinski definition) is 0. The zero-order valence-electron chi connectivity index (χ0n) is 15.3. The summed E-state index contributed by atoms with van der Waals surface area (Å²) in [4.78, 5) is 15.1. The second-order valence-electron chi connectivity index (χ2n) is 6.73. The number of ether oxygens (including phenoxy) is 2. The van der Waals surface area contributed by atoms with Crippen molar-refractivity contribution in [3.8, 4) is 22.9 Å². The average molecular weight is 362 g/mol. The summed E-state index contributed by atoms with van der Waals surface area (Å²) in [5.74, 6) is 0.797. The van der Waals surface area contributed by atoms with Crippen molar-refractivity contribution in [3.63, 3.8) is 0 Å². The van der Waals surface area contributed by atoms with E-state index in [1.165, 1.54) is 22.8 Å². The third-order valence-corrected chi connectivity index (χ3v) is 4.61. The van der Waals surface area contributed by atoms with E-state index in [0.29, 0.717) is 19.2 Å². The van der Waals surface area contributed by atoms with Crippen LogP contribution in [0.25, 0.3) is 11.1 Å². The minimum absolute atomic E-state index is 0.148. The van der Waals surface area contributed by atoms with Gasteiger partial charge in [-0.1, -0.05) is 49.7 Å². The second kappa shape index (κ2) is 7.66. The second-order valence-corrected chi connectivity index (χ2v) is 6.73. The summed E-state index contributed by atoms with van der Waals surface area (Å²) in [5.41, 5.74) is 3.47. The Morgan fingerprint density at radius 2 is 2.00 bits per heavy atom. The van der Waals surface area contributed by atoms with Crippen LogP contribution >= 0.6 is 0 Å². The van der Waals surface area contributed by atoms with Gasteiger partial charge in [0.2, 0.25) is 0 Å². The van der Waals surface area contributed by atoms with Crippen LogP contribution in [-0.2, 0) is 13.0 Å². The van der Waals surface area contributed by atoms with Gasteiger partial charge in [0.05, 0.1) is 6.54 Å². The highest BCUT2D eigenvalue weighted by atomic mass is 16.6. The number of nitrogens with zero attached hydrogens (tertiary/aromatic N) is 2. The first-order chi connectivity index (χ1) is 13.2. The van der Waals surface area contributed by atoms with E-state index in [2.05, 4.69) is 48.3 Å². The van der Waals surface area contributed by atoms with Crippen LogP contribution in [0.4, 0.5) is 0 Å². The molecule has 2 aromatic carbocycles. The molecule has 5 heteroatoms. The summed E-state index contributed by atoms with van der Waals surface area (Å²) in [7, 11) is 0. The van der Waals surface area contributed by atoms with Crippen LogP contribution < -0.4 is 15.0 Å². The lowest BCUT2D eigenvalue weighted by atomic mass is 10.0. The van der Waals surface area contributed by atoms with Crippen molar-refractivity contribution in [3.05, 3.63) is 76.7 Å². The Hall–Kier alpha value is -3.08. The molecule has 0 bridgehead atoms. The third kappa shape index (κ3) is 4.03. The van der Waals surface area contributed by atoms with Crippen molar-refractivity contribution >= 4 is 0 Å². The number of benzene rings is 2. The predicted molar refractivity (Wildman–Crippen MR) is 104 cm³/mol. The molecule has 0 radical (unpaired) electrons. The molecule has 4 rings (SSSR count). The van der Waals surface area contributed by atoms with Gasteiger partial charge in [0.1, 0.15) is 12.4 Å². The molecule has 0 spiro atoms. The van der Waals surface area contributed by atoms with Crippen LogP contribution in [0.3, 0.4) is 0 Å². The molecule has 0 saturated heterocycles. The minimum Gasteiger partial charge on any atom is -0.490 e. The van der Waals surface area contributed by atoms with Crippen LogP contribution in [0.2, 0.25) is 0 Å². The Labute approximate surface area is 158 Å². The molecule has 27 heavy (non-hydrogen) atoms. The molecule has 0 amide bonds. The van der Waals surface area contributed by atoms with Crippen molar-refractivity contribution in [2.45, 2.75) is 32.4 Å². The summed E-state index contributed by atoms with van der Waals surface area (Å²) < 4.78 is 13.3. The van der Waals surface area contributed by atoms with Crippen LogP contribution in [0.15, 0.2) is 65.6 Å². The van der Waals surface area contributed by atoms with Crippen LogP contribution in [0.1, 0.15) is 18.9 Å². The lowest BCUT2D eigenvalue weighted by Gasteiger charge is -2.12. The maximum atomic E-state index is 11.3. The smallest absolute Gasteiger partial charge is 0.300 e. The van der Waals surface area contributed by atoms with E-state index in [4.69, 9.17) is 9.47 Å². The molecule has 1 aromatic heterocycles. The van der Waals surface area contributed by atoms with Gasteiger partial charge in [-0.3, -0.25) is 9.36 Å². The maximum absolute atomic E-state index is 11.3. The highest BCUT2D eigenvalue weighted by Gasteiger charge is 2.23. The molecule has 0 N–H and O–H groups in total. The molecule has 0 saturated carbocycles. The molecule has 1 aliphatic rings. The van der Waals surface area contributed by atoms with Gasteiger partial charge in [0.25, 0.3) is 11.6 Å². The van der Waals surface area contributed by atoms with Gasteiger partial charge in [-0.25, -0.2) is 0 Å². The van der Waals surface area contributed by atoms with Crippen molar-refractivity contribution in [1.82, 2.24) is 9.55 Å². The number of hydrogen-bond acceptors (Lipinski definition) is 4. The standard InChI is InChI=1S/C22H22N2O3/c1-2-4-16-5-3-6-18(13-16)17-7-9-19(10-8-17)26-15-20-14-24-12-11-21(25)23-22(24)27-20/h3,5-13,20H,2,4,14-15H2,1H3/t20-/m0/s1. The fourth-order valence-electron chi connectivity index (χ4n) is 3.27. The lowest BCUT2D eigenvalue weighted by Crippen LogP contribution is -2.23. The Balaban J connectivity index is 1.37. The fourth-order valence-corrected chi connectivity index (χ4v) is 3.27. The highest BCUT2D eigenvalue weighted by molar-refractivity contribution is 5.64. The van der Waals surface area contributed by atoms with Crippen molar-refractivity contribution in [1.29, 1.82) is 0 Å². The molecule has 2 heterocycles. The average Bonchev–Trinajstić information content (AvgIpc) is 3.09. The minimum atomic E-state index is -0.290. The van der Waals surface area contributed by atoms with E-state index in [1.54, 1.807) is 6.20 Å². The predicted octanol–water partition coefficient (Wildman–Crippen LogP) is 3.70. The summed E-state index contributed by atoms with van der Waals surface area (Å²) in [6.45, 7) is 3.23. The summed E-state index contributed by atoms with van der Waals surface area (Å²) in [6.07, 6.45) is 3.79. The SMILES string of the molecule is CCCc1cccc(-c2ccc(OC[C@@H]3Cn4ccc(=O)nc4O3)cc2)c1. The van der Waals surface area contributed by atoms with Crippen LogP contribution in [-0.4, -0.2) is 22.3 Å². The molecular formula is C22H22N2O3. The normalized spacial score (nSPS) is 15.2. The van der Waals surface area contributed by atoms with Crippen LogP contribution in [0, 0.1) is 0 Å². The largest absolute Gasteiger partial charge is 0.490 e. The van der Waals surface area contributed by atoms with E-state index < -0.39 is 0 Å². The lowest BCUT2D eigenvalue weighted by molar-refractivity contribution is 0.143. The molecular weight excluding hydrogens is 340 g/mol. The topological polar surface area (TPSA) is 53.4 Å². The first-order valence-electron chi connectivity index (χ1n) is 9.27. The summed E-state index contributed by atoms with van der Waals surface area (Å²) in [5, 5.41) is 0. The first kappa shape index (κ1) is 17.3. The van der Waals surface area contributed by atoms with Gasteiger partial charge in [0, 0.05) is 12.3 Å². The summed E-state index contributed by atoms with van der Waals surface area (Å²) >= 11 is 0. The number of fused-ring (bicyclic) bond motifs is 1. The van der Waals surface area contributed by atoms with E-state index in [9.17, 15) is 4.79 Å². The van der Waals surface area contributed by atoms with E-state index in [-0.39, 0.29) is 11.7 Å².